The maximum Gasteiger partial charge on any atom is 0.137 e. The van der Waals surface area contributed by atoms with E-state index in [-0.39, 0.29) is 11.9 Å². The van der Waals surface area contributed by atoms with E-state index < -0.39 is 0 Å². The highest BCUT2D eigenvalue weighted by atomic mass is 79.9. The van der Waals surface area contributed by atoms with Crippen molar-refractivity contribution in [1.82, 2.24) is 4.90 Å². The Bertz CT molecular complexity index is 409. The summed E-state index contributed by atoms with van der Waals surface area (Å²) in [6, 6.07) is 5.69. The highest BCUT2D eigenvalue weighted by Gasteiger charge is 2.21. The van der Waals surface area contributed by atoms with Crippen LogP contribution in [0, 0.1) is 11.7 Å². The van der Waals surface area contributed by atoms with E-state index in [1.807, 2.05) is 12.1 Å². The first-order valence-corrected chi connectivity index (χ1v) is 7.53. The zero-order valence-corrected chi connectivity index (χ0v) is 13.7. The smallest absolute Gasteiger partial charge is 0.137 e. The van der Waals surface area contributed by atoms with Gasteiger partial charge in [-0.3, -0.25) is 4.90 Å². The maximum absolute atomic E-state index is 13.3. The van der Waals surface area contributed by atoms with Gasteiger partial charge in [0.15, 0.2) is 0 Å². The normalized spacial score (nSPS) is 15.0. The van der Waals surface area contributed by atoms with Crippen molar-refractivity contribution < 1.29 is 4.39 Å². The molecule has 1 rings (SSSR count). The number of nitrogens with zero attached hydrogens (tertiary/aromatic N) is 1. The third-order valence-corrected chi connectivity index (χ3v) is 4.16. The molecular weight excluding hydrogens is 307 g/mol. The van der Waals surface area contributed by atoms with Crippen LogP contribution in [0.2, 0.25) is 0 Å². The molecule has 0 saturated carbocycles. The summed E-state index contributed by atoms with van der Waals surface area (Å²) < 4.78 is 13.8. The van der Waals surface area contributed by atoms with Gasteiger partial charge in [0, 0.05) is 18.6 Å². The van der Waals surface area contributed by atoms with Crippen molar-refractivity contribution in [3.63, 3.8) is 0 Å². The van der Waals surface area contributed by atoms with Crippen molar-refractivity contribution in [2.24, 2.45) is 11.7 Å². The van der Waals surface area contributed by atoms with Crippen molar-refractivity contribution in [3.8, 4) is 0 Å². The summed E-state index contributed by atoms with van der Waals surface area (Å²) in [5.74, 6) is 0.410. The Hall–Kier alpha value is -0.450. The molecule has 0 amide bonds. The Kier molecular flexibility index (Phi) is 6.43. The van der Waals surface area contributed by atoms with Gasteiger partial charge in [-0.15, -0.1) is 0 Å². The fraction of sp³-hybridized carbons (Fsp3) is 0.600. The molecule has 0 aromatic heterocycles. The summed E-state index contributed by atoms with van der Waals surface area (Å²) in [6.45, 7) is 7.17. The molecule has 1 aromatic carbocycles. The minimum Gasteiger partial charge on any atom is -0.329 e. The van der Waals surface area contributed by atoms with Crippen molar-refractivity contribution in [2.45, 2.75) is 39.3 Å². The second kappa shape index (κ2) is 7.36. The number of halogens is 2. The van der Waals surface area contributed by atoms with Gasteiger partial charge in [0.05, 0.1) is 4.47 Å². The molecule has 108 valence electrons. The highest BCUT2D eigenvalue weighted by molar-refractivity contribution is 9.10. The quantitative estimate of drug-likeness (QED) is 0.855. The molecule has 2 nitrogen and oxygen atoms in total. The summed E-state index contributed by atoms with van der Waals surface area (Å²) in [5.41, 5.74) is 6.96. The number of benzene rings is 1. The van der Waals surface area contributed by atoms with E-state index in [1.54, 1.807) is 0 Å². The number of nitrogens with two attached hydrogens (primary N) is 1. The van der Waals surface area contributed by atoms with E-state index in [2.05, 4.69) is 48.6 Å². The summed E-state index contributed by atoms with van der Waals surface area (Å²) in [4.78, 5) is 2.28. The molecule has 0 aliphatic heterocycles. The van der Waals surface area contributed by atoms with Crippen LogP contribution < -0.4 is 5.73 Å². The molecule has 0 aliphatic rings. The first-order chi connectivity index (χ1) is 8.86. The van der Waals surface area contributed by atoms with Crippen molar-refractivity contribution in [1.29, 1.82) is 0 Å². The Morgan fingerprint density at radius 1 is 1.32 bits per heavy atom. The topological polar surface area (TPSA) is 29.3 Å². The van der Waals surface area contributed by atoms with Crippen LogP contribution in [-0.4, -0.2) is 24.5 Å². The average Bonchev–Trinajstić information content (AvgIpc) is 2.33. The van der Waals surface area contributed by atoms with Crippen LogP contribution in [0.1, 0.15) is 38.8 Å². The lowest BCUT2D eigenvalue weighted by molar-refractivity contribution is 0.168. The highest BCUT2D eigenvalue weighted by Crippen LogP contribution is 2.26. The fourth-order valence-electron chi connectivity index (χ4n) is 2.41. The molecular formula is C15H24BrFN2. The van der Waals surface area contributed by atoms with E-state index in [1.165, 1.54) is 6.07 Å². The van der Waals surface area contributed by atoms with Crippen LogP contribution in [-0.2, 0) is 0 Å². The number of likely N-dealkylation sites (N-methyl/N-ethyl adjacent to an activating group) is 1. The monoisotopic (exact) mass is 330 g/mol. The van der Waals surface area contributed by atoms with E-state index in [0.29, 0.717) is 23.0 Å². The molecule has 0 radical (unpaired) electrons. The third kappa shape index (κ3) is 4.55. The second-order valence-electron chi connectivity index (χ2n) is 5.57. The largest absolute Gasteiger partial charge is 0.329 e. The number of rotatable bonds is 6. The Labute approximate surface area is 124 Å². The molecule has 0 spiro atoms. The van der Waals surface area contributed by atoms with Gasteiger partial charge in [-0.25, -0.2) is 4.39 Å². The molecule has 1 aromatic rings. The first-order valence-electron chi connectivity index (χ1n) is 6.73. The van der Waals surface area contributed by atoms with Gasteiger partial charge in [-0.2, -0.15) is 0 Å². The lowest BCUT2D eigenvalue weighted by atomic mass is 9.99. The van der Waals surface area contributed by atoms with Gasteiger partial charge < -0.3 is 5.73 Å². The first kappa shape index (κ1) is 16.6. The summed E-state index contributed by atoms with van der Waals surface area (Å²) in [6.07, 6.45) is 1.12. The van der Waals surface area contributed by atoms with Crippen LogP contribution in [0.4, 0.5) is 4.39 Å². The molecule has 2 unspecified atom stereocenters. The Balaban J connectivity index is 2.89. The minimum atomic E-state index is -0.239. The molecule has 2 atom stereocenters. The fourth-order valence-corrected chi connectivity index (χ4v) is 2.81. The third-order valence-electron chi connectivity index (χ3n) is 3.55. The molecule has 2 N–H and O–H groups in total. The summed E-state index contributed by atoms with van der Waals surface area (Å²) in [7, 11) is 2.09. The number of hydrogen-bond acceptors (Lipinski definition) is 2. The van der Waals surface area contributed by atoms with E-state index in [4.69, 9.17) is 5.73 Å². The lowest BCUT2D eigenvalue weighted by Gasteiger charge is -2.33. The van der Waals surface area contributed by atoms with E-state index in [9.17, 15) is 4.39 Å². The lowest BCUT2D eigenvalue weighted by Crippen LogP contribution is -2.37. The van der Waals surface area contributed by atoms with Gasteiger partial charge in [0.1, 0.15) is 5.82 Å². The standard InChI is InChI=1S/C15H24BrFN2/c1-10(2)7-11(3)19(4)15(9-18)12-5-6-14(17)13(16)8-12/h5-6,8,10-11,15H,7,9,18H2,1-4H3. The maximum atomic E-state index is 13.3. The summed E-state index contributed by atoms with van der Waals surface area (Å²) in [5, 5.41) is 0. The van der Waals surface area contributed by atoms with Gasteiger partial charge in [-0.1, -0.05) is 19.9 Å². The van der Waals surface area contributed by atoms with Crippen LogP contribution in [0.5, 0.6) is 0 Å². The van der Waals surface area contributed by atoms with E-state index >= 15 is 0 Å². The molecule has 0 bridgehead atoms. The number of hydrogen-bond donors (Lipinski definition) is 1. The van der Waals surface area contributed by atoms with Crippen LogP contribution in [0.15, 0.2) is 22.7 Å². The Morgan fingerprint density at radius 2 is 1.95 bits per heavy atom. The SMILES string of the molecule is CC(C)CC(C)N(C)C(CN)c1ccc(F)c(Br)c1. The van der Waals surface area contributed by atoms with Gasteiger partial charge in [0.2, 0.25) is 0 Å². The molecule has 0 heterocycles. The predicted octanol–water partition coefficient (Wildman–Crippen LogP) is 3.95. The van der Waals surface area contributed by atoms with Crippen molar-refractivity contribution in [3.05, 3.63) is 34.1 Å². The predicted molar refractivity (Wildman–Crippen MR) is 82.6 cm³/mol. The van der Waals surface area contributed by atoms with Crippen molar-refractivity contribution >= 4 is 15.9 Å². The molecule has 0 fully saturated rings. The van der Waals surface area contributed by atoms with Gasteiger partial charge in [0.25, 0.3) is 0 Å². The molecule has 0 aliphatic carbocycles. The zero-order chi connectivity index (χ0) is 14.6. The Morgan fingerprint density at radius 3 is 2.42 bits per heavy atom. The average molecular weight is 331 g/mol. The minimum absolute atomic E-state index is 0.116. The van der Waals surface area contributed by atoms with Crippen molar-refractivity contribution in [2.75, 3.05) is 13.6 Å². The van der Waals surface area contributed by atoms with Crippen LogP contribution >= 0.6 is 15.9 Å². The van der Waals surface area contributed by atoms with E-state index in [0.717, 1.165) is 12.0 Å². The zero-order valence-electron chi connectivity index (χ0n) is 12.2. The second-order valence-corrected chi connectivity index (χ2v) is 6.42. The summed E-state index contributed by atoms with van der Waals surface area (Å²) >= 11 is 3.24. The molecule has 4 heteroatoms. The molecule has 19 heavy (non-hydrogen) atoms. The van der Waals surface area contributed by atoms with Gasteiger partial charge >= 0.3 is 0 Å². The van der Waals surface area contributed by atoms with Crippen LogP contribution in [0.3, 0.4) is 0 Å². The van der Waals surface area contributed by atoms with Crippen LogP contribution in [0.25, 0.3) is 0 Å². The van der Waals surface area contributed by atoms with Gasteiger partial charge in [-0.05, 0) is 59.9 Å². The molecule has 0 saturated heterocycles.